The molecule has 156 valence electrons. The van der Waals surface area contributed by atoms with E-state index in [0.29, 0.717) is 17.0 Å². The fourth-order valence-corrected chi connectivity index (χ4v) is 3.80. The zero-order valence-corrected chi connectivity index (χ0v) is 16.7. The molecule has 2 aromatic carbocycles. The third kappa shape index (κ3) is 4.75. The number of amides is 1. The Kier molecular flexibility index (Phi) is 6.21. The summed E-state index contributed by atoms with van der Waals surface area (Å²) >= 11 is 0. The summed E-state index contributed by atoms with van der Waals surface area (Å²) in [5, 5.41) is 26.4. The van der Waals surface area contributed by atoms with Crippen LogP contribution in [0.3, 0.4) is 0 Å². The van der Waals surface area contributed by atoms with Gasteiger partial charge in [-0.15, -0.1) is 0 Å². The molecule has 1 heterocycles. The van der Waals surface area contributed by atoms with E-state index in [1.165, 1.54) is 0 Å². The minimum atomic E-state index is -0.473. The molecule has 0 bridgehead atoms. The quantitative estimate of drug-likeness (QED) is 0.501. The van der Waals surface area contributed by atoms with E-state index in [2.05, 4.69) is 20.6 Å². The molecule has 0 unspecified atom stereocenters. The molecule has 0 saturated heterocycles. The number of fused-ring (bicyclic) bond motifs is 1. The van der Waals surface area contributed by atoms with Gasteiger partial charge in [0.2, 0.25) is 5.95 Å². The van der Waals surface area contributed by atoms with E-state index in [0.717, 1.165) is 36.6 Å². The Balaban J connectivity index is 1.49. The van der Waals surface area contributed by atoms with E-state index in [1.807, 2.05) is 36.4 Å². The first-order valence-corrected chi connectivity index (χ1v) is 10.3. The lowest BCUT2D eigenvalue weighted by molar-refractivity contribution is 0.0916. The summed E-state index contributed by atoms with van der Waals surface area (Å²) in [6.07, 6.45) is 4.86. The van der Waals surface area contributed by atoms with Crippen molar-refractivity contribution in [2.24, 2.45) is 0 Å². The van der Waals surface area contributed by atoms with E-state index >= 15 is 0 Å². The Morgan fingerprint density at radius 3 is 2.60 bits per heavy atom. The van der Waals surface area contributed by atoms with Crippen LogP contribution in [0.2, 0.25) is 0 Å². The molecule has 0 aliphatic heterocycles. The minimum absolute atomic E-state index is 0.185. The summed E-state index contributed by atoms with van der Waals surface area (Å²) in [5.41, 5.74) is 2.00. The van der Waals surface area contributed by atoms with Gasteiger partial charge in [-0.3, -0.25) is 4.79 Å². The first kappa shape index (κ1) is 20.3. The summed E-state index contributed by atoms with van der Waals surface area (Å²) in [5.74, 6) is 0.258. The third-order valence-corrected chi connectivity index (χ3v) is 5.56. The van der Waals surface area contributed by atoms with Crippen LogP contribution in [-0.2, 0) is 0 Å². The number of benzene rings is 2. The van der Waals surface area contributed by atoms with E-state index in [1.54, 1.807) is 18.3 Å². The van der Waals surface area contributed by atoms with Crippen LogP contribution >= 0.6 is 0 Å². The van der Waals surface area contributed by atoms with Crippen molar-refractivity contribution in [1.29, 1.82) is 0 Å². The summed E-state index contributed by atoms with van der Waals surface area (Å²) in [7, 11) is 0. The van der Waals surface area contributed by atoms with Crippen molar-refractivity contribution < 1.29 is 15.0 Å². The number of carbonyl (C=O) groups excluding carboxylic acids is 1. The Hall–Kier alpha value is -3.03. The summed E-state index contributed by atoms with van der Waals surface area (Å²) in [4.78, 5) is 21.7. The third-order valence-electron chi connectivity index (χ3n) is 5.56. The van der Waals surface area contributed by atoms with Crippen LogP contribution in [0.5, 0.6) is 0 Å². The topological polar surface area (TPSA) is 107 Å². The van der Waals surface area contributed by atoms with Gasteiger partial charge in [-0.05, 0) is 43.4 Å². The van der Waals surface area contributed by atoms with Crippen LogP contribution in [-0.4, -0.2) is 44.8 Å². The first-order valence-electron chi connectivity index (χ1n) is 10.3. The van der Waals surface area contributed by atoms with Gasteiger partial charge in [0.15, 0.2) is 0 Å². The maximum atomic E-state index is 12.8. The van der Waals surface area contributed by atoms with Crippen molar-refractivity contribution in [3.8, 4) is 0 Å². The largest absolute Gasteiger partial charge is 0.394 e. The van der Waals surface area contributed by atoms with E-state index in [4.69, 9.17) is 0 Å². The summed E-state index contributed by atoms with van der Waals surface area (Å²) in [6.45, 7) is -0.185. The number of carbonyl (C=O) groups is 1. The molecule has 7 nitrogen and oxygen atoms in total. The number of anilines is 1. The molecule has 0 spiro atoms. The molecule has 30 heavy (non-hydrogen) atoms. The maximum absolute atomic E-state index is 12.8. The highest BCUT2D eigenvalue weighted by atomic mass is 16.3. The Morgan fingerprint density at radius 1 is 1.10 bits per heavy atom. The van der Waals surface area contributed by atoms with Gasteiger partial charge < -0.3 is 20.8 Å². The molecule has 0 radical (unpaired) electrons. The van der Waals surface area contributed by atoms with Crippen LogP contribution in [0, 0.1) is 0 Å². The molecular weight excluding hydrogens is 380 g/mol. The molecule has 1 aliphatic rings. The zero-order valence-electron chi connectivity index (χ0n) is 16.7. The van der Waals surface area contributed by atoms with Crippen molar-refractivity contribution >= 4 is 22.8 Å². The molecule has 1 aliphatic carbocycles. The lowest BCUT2D eigenvalue weighted by Gasteiger charge is -2.26. The van der Waals surface area contributed by atoms with Crippen molar-refractivity contribution in [2.75, 3.05) is 11.9 Å². The Labute approximate surface area is 175 Å². The van der Waals surface area contributed by atoms with Gasteiger partial charge in [0.25, 0.3) is 5.91 Å². The predicted molar refractivity (Wildman–Crippen MR) is 115 cm³/mol. The molecule has 1 saturated carbocycles. The normalized spacial score (nSPS) is 19.9. The number of aromatic nitrogens is 2. The van der Waals surface area contributed by atoms with Gasteiger partial charge >= 0.3 is 0 Å². The molecule has 4 rings (SSSR count). The van der Waals surface area contributed by atoms with E-state index < -0.39 is 6.04 Å². The van der Waals surface area contributed by atoms with Crippen molar-refractivity contribution in [1.82, 2.24) is 15.3 Å². The first-order chi connectivity index (χ1) is 14.6. The van der Waals surface area contributed by atoms with Gasteiger partial charge in [-0.25, -0.2) is 9.97 Å². The van der Waals surface area contributed by atoms with E-state index in [-0.39, 0.29) is 24.7 Å². The second-order valence-corrected chi connectivity index (χ2v) is 7.74. The number of nitrogens with zero attached hydrogens (tertiary/aromatic N) is 2. The number of hydrogen-bond acceptors (Lipinski definition) is 6. The highest BCUT2D eigenvalue weighted by Crippen LogP contribution is 2.22. The highest BCUT2D eigenvalue weighted by molar-refractivity contribution is 5.98. The Bertz CT molecular complexity index is 1000. The average Bonchev–Trinajstić information content (AvgIpc) is 2.79. The molecule has 1 fully saturated rings. The fraction of sp³-hybridized carbons (Fsp3) is 0.348. The van der Waals surface area contributed by atoms with Gasteiger partial charge in [0.05, 0.1) is 24.3 Å². The SMILES string of the molecule is O=C(N[C@@H](CO)c1ccccc1)c1ccc2cnc(NC3CCC(O)CC3)nc2c1. The molecular formula is C23H26N4O3. The molecule has 1 amide bonds. The number of rotatable bonds is 6. The van der Waals surface area contributed by atoms with Crippen LogP contribution < -0.4 is 10.6 Å². The van der Waals surface area contributed by atoms with Crippen LogP contribution in [0.25, 0.3) is 10.9 Å². The summed E-state index contributed by atoms with van der Waals surface area (Å²) in [6, 6.07) is 14.4. The monoisotopic (exact) mass is 406 g/mol. The molecule has 4 N–H and O–H groups in total. The average molecular weight is 406 g/mol. The second kappa shape index (κ2) is 9.19. The zero-order chi connectivity index (χ0) is 20.9. The van der Waals surface area contributed by atoms with Gasteiger partial charge in [-0.1, -0.05) is 36.4 Å². The lowest BCUT2D eigenvalue weighted by atomic mass is 9.93. The molecule has 1 aromatic heterocycles. The smallest absolute Gasteiger partial charge is 0.251 e. The highest BCUT2D eigenvalue weighted by Gasteiger charge is 2.20. The second-order valence-electron chi connectivity index (χ2n) is 7.74. The van der Waals surface area contributed by atoms with Crippen molar-refractivity contribution in [3.05, 3.63) is 65.9 Å². The molecule has 3 aromatic rings. The molecule has 1 atom stereocenters. The number of hydrogen-bond donors (Lipinski definition) is 4. The van der Waals surface area contributed by atoms with Crippen molar-refractivity contribution in [3.63, 3.8) is 0 Å². The van der Waals surface area contributed by atoms with Crippen LogP contribution in [0.15, 0.2) is 54.7 Å². The Morgan fingerprint density at radius 2 is 1.87 bits per heavy atom. The predicted octanol–water partition coefficient (Wildman–Crippen LogP) is 2.81. The lowest BCUT2D eigenvalue weighted by Crippen LogP contribution is -2.30. The van der Waals surface area contributed by atoms with Gasteiger partial charge in [0.1, 0.15) is 0 Å². The van der Waals surface area contributed by atoms with Gasteiger partial charge in [0, 0.05) is 23.2 Å². The molecule has 7 heteroatoms. The maximum Gasteiger partial charge on any atom is 0.251 e. The van der Waals surface area contributed by atoms with Gasteiger partial charge in [-0.2, -0.15) is 0 Å². The summed E-state index contributed by atoms with van der Waals surface area (Å²) < 4.78 is 0. The minimum Gasteiger partial charge on any atom is -0.394 e. The number of aliphatic hydroxyl groups excluding tert-OH is 2. The number of nitrogens with one attached hydrogen (secondary N) is 2. The standard InChI is InChI=1S/C23H26N4O3/c28-14-21(15-4-2-1-3-5-15)26-22(30)16-6-7-17-13-24-23(27-20(17)12-16)25-18-8-10-19(29)11-9-18/h1-7,12-13,18-19,21,28-29H,8-11,14H2,(H,26,30)(H,24,25,27)/t18?,19?,21-/m0/s1. The van der Waals surface area contributed by atoms with Crippen molar-refractivity contribution in [2.45, 2.75) is 43.9 Å². The fourth-order valence-electron chi connectivity index (χ4n) is 3.80. The van der Waals surface area contributed by atoms with Crippen LogP contribution in [0.4, 0.5) is 5.95 Å². The van der Waals surface area contributed by atoms with E-state index in [9.17, 15) is 15.0 Å². The van der Waals surface area contributed by atoms with Crippen LogP contribution in [0.1, 0.15) is 47.6 Å². The number of aliphatic hydroxyl groups is 2.